The Bertz CT molecular complexity index is 1100. The quantitative estimate of drug-likeness (QED) is 0.540. The molecule has 8 nitrogen and oxygen atoms in total. The second-order valence-corrected chi connectivity index (χ2v) is 6.78. The molecule has 0 spiro atoms. The van der Waals surface area contributed by atoms with Crippen LogP contribution >= 0.6 is 11.6 Å². The van der Waals surface area contributed by atoms with Crippen molar-refractivity contribution in [2.75, 3.05) is 0 Å². The molecule has 4 heterocycles. The fourth-order valence-corrected chi connectivity index (χ4v) is 3.30. The number of aryl methyl sites for hydroxylation is 1. The normalized spacial score (nSPS) is 16.4. The third-order valence-corrected chi connectivity index (χ3v) is 4.89. The second-order valence-electron chi connectivity index (χ2n) is 6.35. The lowest BCUT2D eigenvalue weighted by atomic mass is 10.1. The molecule has 0 saturated heterocycles. The maximum Gasteiger partial charge on any atom is 0.274 e. The van der Waals surface area contributed by atoms with Gasteiger partial charge in [0.2, 0.25) is 5.82 Å². The maximum absolute atomic E-state index is 6.01. The number of nitrogens with zero attached hydrogens (tertiary/aromatic N) is 6. The van der Waals surface area contributed by atoms with Gasteiger partial charge >= 0.3 is 0 Å². The number of hydrogen-bond acceptors (Lipinski definition) is 6. The third kappa shape index (κ3) is 2.83. The average molecular weight is 383 g/mol. The van der Waals surface area contributed by atoms with E-state index in [9.17, 15) is 0 Å². The van der Waals surface area contributed by atoms with Gasteiger partial charge in [0.05, 0.1) is 18.8 Å². The van der Waals surface area contributed by atoms with Crippen molar-refractivity contribution in [3.05, 3.63) is 58.9 Å². The summed E-state index contributed by atoms with van der Waals surface area (Å²) in [6.07, 6.45) is 1.82. The van der Waals surface area contributed by atoms with Gasteiger partial charge in [-0.2, -0.15) is 4.98 Å². The molecule has 4 aromatic rings. The molecule has 3 aromatic heterocycles. The fourth-order valence-electron chi connectivity index (χ4n) is 3.17. The summed E-state index contributed by atoms with van der Waals surface area (Å²) in [4.78, 5) is 4.47. The molecule has 136 valence electrons. The molecular weight excluding hydrogens is 368 g/mol. The molecule has 0 unspecified atom stereocenters. The number of aromatic nitrogens is 6. The Hall–Kier alpha value is -2.97. The molecule has 1 aliphatic heterocycles. The molecule has 27 heavy (non-hydrogen) atoms. The molecule has 1 aliphatic rings. The van der Waals surface area contributed by atoms with E-state index in [4.69, 9.17) is 20.9 Å². The molecule has 0 N–H and O–H groups in total. The van der Waals surface area contributed by atoms with Gasteiger partial charge in [-0.1, -0.05) is 34.1 Å². The Balaban J connectivity index is 1.42. The average Bonchev–Trinajstić information content (AvgIpc) is 3.40. The van der Waals surface area contributed by atoms with E-state index in [1.807, 2.05) is 58.9 Å². The van der Waals surface area contributed by atoms with Crippen LogP contribution in [0.5, 0.6) is 0 Å². The number of benzene rings is 1. The lowest BCUT2D eigenvalue weighted by Gasteiger charge is -2.24. The van der Waals surface area contributed by atoms with Gasteiger partial charge in [-0.25, -0.2) is 4.68 Å². The monoisotopic (exact) mass is 382 g/mol. The lowest BCUT2D eigenvalue weighted by Crippen LogP contribution is -2.22. The smallest absolute Gasteiger partial charge is 0.274 e. The molecule has 0 radical (unpaired) electrons. The van der Waals surface area contributed by atoms with Crippen molar-refractivity contribution in [2.45, 2.75) is 19.3 Å². The highest BCUT2D eigenvalue weighted by molar-refractivity contribution is 6.30. The lowest BCUT2D eigenvalue weighted by molar-refractivity contribution is -0.00111. The van der Waals surface area contributed by atoms with Gasteiger partial charge in [0, 0.05) is 18.3 Å². The van der Waals surface area contributed by atoms with E-state index in [1.165, 1.54) is 0 Å². The molecule has 0 saturated carbocycles. The number of hydrogen-bond donors (Lipinski definition) is 0. The van der Waals surface area contributed by atoms with E-state index in [0.717, 1.165) is 17.0 Å². The maximum atomic E-state index is 6.01. The van der Waals surface area contributed by atoms with Crippen LogP contribution in [0.1, 0.15) is 17.4 Å². The van der Waals surface area contributed by atoms with E-state index in [0.29, 0.717) is 35.6 Å². The van der Waals surface area contributed by atoms with Gasteiger partial charge in [0.25, 0.3) is 5.89 Å². The van der Waals surface area contributed by atoms with Crippen LogP contribution in [-0.4, -0.2) is 29.7 Å². The number of halogens is 1. The highest BCUT2D eigenvalue weighted by atomic mass is 35.5. The minimum atomic E-state index is -0.103. The predicted molar refractivity (Wildman–Crippen MR) is 96.7 cm³/mol. The van der Waals surface area contributed by atoms with E-state index in [1.54, 1.807) is 0 Å². The summed E-state index contributed by atoms with van der Waals surface area (Å²) in [6, 6.07) is 11.5. The first-order valence-electron chi connectivity index (χ1n) is 8.44. The standard InChI is InChI=1S/C18H15ClN6O2/c1-24-8-2-3-13(24)18-20-17(22-27-18)16-14-10-26-15(9-25(14)23-21-16)11-4-6-12(19)7-5-11/h2-8,15H,9-10H2,1H3/t15-/m0/s1. The Morgan fingerprint density at radius 1 is 1.19 bits per heavy atom. The molecule has 9 heteroatoms. The summed E-state index contributed by atoms with van der Waals surface area (Å²) in [6.45, 7) is 0.927. The van der Waals surface area contributed by atoms with Crippen molar-refractivity contribution < 1.29 is 9.26 Å². The van der Waals surface area contributed by atoms with Gasteiger partial charge in [-0.3, -0.25) is 0 Å². The fraction of sp³-hybridized carbons (Fsp3) is 0.222. The summed E-state index contributed by atoms with van der Waals surface area (Å²) >= 11 is 5.96. The zero-order valence-electron chi connectivity index (χ0n) is 14.4. The van der Waals surface area contributed by atoms with Crippen LogP contribution in [-0.2, 0) is 24.9 Å². The third-order valence-electron chi connectivity index (χ3n) is 4.64. The molecule has 5 rings (SSSR count). The molecule has 1 atom stereocenters. The van der Waals surface area contributed by atoms with Gasteiger partial charge in [0.1, 0.15) is 11.8 Å². The highest BCUT2D eigenvalue weighted by Gasteiger charge is 2.27. The topological polar surface area (TPSA) is 83.8 Å². The van der Waals surface area contributed by atoms with E-state index in [-0.39, 0.29) is 6.10 Å². The molecule has 0 bridgehead atoms. The Labute approximate surface area is 159 Å². The highest BCUT2D eigenvalue weighted by Crippen LogP contribution is 2.31. The van der Waals surface area contributed by atoms with Crippen molar-refractivity contribution in [2.24, 2.45) is 7.05 Å². The number of ether oxygens (including phenoxy) is 1. The van der Waals surface area contributed by atoms with E-state index < -0.39 is 0 Å². The van der Waals surface area contributed by atoms with E-state index >= 15 is 0 Å². The first-order valence-corrected chi connectivity index (χ1v) is 8.82. The largest absolute Gasteiger partial charge is 0.365 e. The summed E-state index contributed by atoms with van der Waals surface area (Å²) in [5.74, 6) is 0.844. The SMILES string of the molecule is Cn1cccc1-c1nc(-c2nnn3c2CO[C@H](c2ccc(Cl)cc2)C3)no1. The van der Waals surface area contributed by atoms with Crippen LogP contribution in [0.15, 0.2) is 47.1 Å². The molecule has 0 amide bonds. The predicted octanol–water partition coefficient (Wildman–Crippen LogP) is 3.26. The van der Waals surface area contributed by atoms with Gasteiger partial charge in [0.15, 0.2) is 5.69 Å². The Kier molecular flexibility index (Phi) is 3.80. The van der Waals surface area contributed by atoms with Crippen molar-refractivity contribution in [1.29, 1.82) is 0 Å². The summed E-state index contributed by atoms with van der Waals surface area (Å²) < 4.78 is 15.2. The minimum Gasteiger partial charge on any atom is -0.365 e. The van der Waals surface area contributed by atoms with E-state index in [2.05, 4.69) is 20.5 Å². The summed E-state index contributed by atoms with van der Waals surface area (Å²) in [5, 5.41) is 13.3. The zero-order valence-corrected chi connectivity index (χ0v) is 15.2. The summed E-state index contributed by atoms with van der Waals surface area (Å²) in [5.41, 5.74) is 3.30. The molecule has 1 aromatic carbocycles. The number of fused-ring (bicyclic) bond motifs is 1. The van der Waals surface area contributed by atoms with Gasteiger partial charge < -0.3 is 13.8 Å². The van der Waals surface area contributed by atoms with Gasteiger partial charge in [-0.15, -0.1) is 5.10 Å². The van der Waals surface area contributed by atoms with Crippen molar-refractivity contribution >= 4 is 11.6 Å². The van der Waals surface area contributed by atoms with Crippen LogP contribution < -0.4 is 0 Å². The second kappa shape index (κ2) is 6.33. The Morgan fingerprint density at radius 3 is 2.81 bits per heavy atom. The molecule has 0 fully saturated rings. The molecular formula is C18H15ClN6O2. The van der Waals surface area contributed by atoms with Crippen LogP contribution in [0.4, 0.5) is 0 Å². The Morgan fingerprint density at radius 2 is 2.04 bits per heavy atom. The van der Waals surface area contributed by atoms with Crippen LogP contribution in [0.25, 0.3) is 23.1 Å². The van der Waals surface area contributed by atoms with Crippen LogP contribution in [0.3, 0.4) is 0 Å². The number of rotatable bonds is 3. The minimum absolute atomic E-state index is 0.103. The van der Waals surface area contributed by atoms with Crippen LogP contribution in [0, 0.1) is 0 Å². The zero-order chi connectivity index (χ0) is 18.4. The molecule has 0 aliphatic carbocycles. The van der Waals surface area contributed by atoms with Crippen molar-refractivity contribution in [3.63, 3.8) is 0 Å². The van der Waals surface area contributed by atoms with Gasteiger partial charge in [-0.05, 0) is 29.8 Å². The van der Waals surface area contributed by atoms with Crippen molar-refractivity contribution in [3.8, 4) is 23.1 Å². The van der Waals surface area contributed by atoms with Crippen molar-refractivity contribution in [1.82, 2.24) is 29.7 Å². The first-order chi connectivity index (χ1) is 13.2. The summed E-state index contributed by atoms with van der Waals surface area (Å²) in [7, 11) is 1.92. The first kappa shape index (κ1) is 16.2. The van der Waals surface area contributed by atoms with Crippen LogP contribution in [0.2, 0.25) is 5.02 Å².